The van der Waals surface area contributed by atoms with Gasteiger partial charge in [-0.1, -0.05) is 6.92 Å². The first-order valence-corrected chi connectivity index (χ1v) is 5.77. The summed E-state index contributed by atoms with van der Waals surface area (Å²) >= 11 is 0. The van der Waals surface area contributed by atoms with Gasteiger partial charge in [-0.3, -0.25) is 0 Å². The van der Waals surface area contributed by atoms with Crippen molar-refractivity contribution in [1.82, 2.24) is 0 Å². The van der Waals surface area contributed by atoms with Crippen molar-refractivity contribution in [2.45, 2.75) is 19.8 Å². The zero-order chi connectivity index (χ0) is 11.5. The third-order valence-corrected chi connectivity index (χ3v) is 3.06. The fourth-order valence-electron chi connectivity index (χ4n) is 2.07. The molecule has 0 radical (unpaired) electrons. The molecule has 1 aliphatic rings. The van der Waals surface area contributed by atoms with E-state index in [0.717, 1.165) is 30.9 Å². The van der Waals surface area contributed by atoms with E-state index in [0.29, 0.717) is 12.5 Å². The zero-order valence-corrected chi connectivity index (χ0v) is 9.95. The van der Waals surface area contributed by atoms with Crippen LogP contribution < -0.4 is 15.2 Å². The highest BCUT2D eigenvalue weighted by atomic mass is 16.5. The van der Waals surface area contributed by atoms with Gasteiger partial charge in [-0.2, -0.15) is 0 Å². The van der Waals surface area contributed by atoms with Gasteiger partial charge < -0.3 is 15.2 Å². The van der Waals surface area contributed by atoms with Gasteiger partial charge >= 0.3 is 0 Å². The molecule has 1 aromatic rings. The Bertz CT molecular complexity index is 376. The third kappa shape index (κ3) is 2.14. The Kier molecular flexibility index (Phi) is 3.34. The van der Waals surface area contributed by atoms with Crippen LogP contribution in [0.1, 0.15) is 18.1 Å². The lowest BCUT2D eigenvalue weighted by molar-refractivity contribution is 0.352. The van der Waals surface area contributed by atoms with Crippen molar-refractivity contribution in [3.05, 3.63) is 23.3 Å². The largest absolute Gasteiger partial charge is 0.496 e. The van der Waals surface area contributed by atoms with Crippen LogP contribution in [0.5, 0.6) is 11.5 Å². The number of hydrogen-bond acceptors (Lipinski definition) is 3. The molecule has 1 heterocycles. The lowest BCUT2D eigenvalue weighted by Gasteiger charge is -2.14. The topological polar surface area (TPSA) is 44.5 Å². The monoisotopic (exact) mass is 221 g/mol. The summed E-state index contributed by atoms with van der Waals surface area (Å²) in [5.74, 6) is 2.37. The summed E-state index contributed by atoms with van der Waals surface area (Å²) in [4.78, 5) is 0. The number of nitrogens with two attached hydrogens (primary N) is 1. The first kappa shape index (κ1) is 11.3. The number of hydrogen-bond donors (Lipinski definition) is 1. The first-order chi connectivity index (χ1) is 7.74. The lowest BCUT2D eigenvalue weighted by Crippen LogP contribution is -2.13. The van der Waals surface area contributed by atoms with Gasteiger partial charge in [0.2, 0.25) is 0 Å². The Labute approximate surface area is 96.5 Å². The molecule has 0 aliphatic carbocycles. The van der Waals surface area contributed by atoms with Crippen LogP contribution in [0.3, 0.4) is 0 Å². The molecule has 16 heavy (non-hydrogen) atoms. The predicted molar refractivity (Wildman–Crippen MR) is 64.1 cm³/mol. The summed E-state index contributed by atoms with van der Waals surface area (Å²) < 4.78 is 10.9. The Morgan fingerprint density at radius 1 is 1.50 bits per heavy atom. The van der Waals surface area contributed by atoms with Gasteiger partial charge in [0.1, 0.15) is 11.5 Å². The van der Waals surface area contributed by atoms with Gasteiger partial charge in [-0.05, 0) is 36.1 Å². The standard InChI is InChI=1S/C13H19NO2/c1-9(8-14)5-11-6-10-3-4-16-13(10)7-12(11)15-2/h6-7,9H,3-5,8,14H2,1-2H3. The van der Waals surface area contributed by atoms with E-state index in [1.165, 1.54) is 11.1 Å². The average Bonchev–Trinajstić information content (AvgIpc) is 2.74. The second kappa shape index (κ2) is 4.74. The van der Waals surface area contributed by atoms with Crippen LogP contribution in [0.25, 0.3) is 0 Å². The Balaban J connectivity index is 2.28. The van der Waals surface area contributed by atoms with Gasteiger partial charge in [0.25, 0.3) is 0 Å². The molecule has 0 amide bonds. The van der Waals surface area contributed by atoms with Crippen molar-refractivity contribution in [1.29, 1.82) is 0 Å². The first-order valence-electron chi connectivity index (χ1n) is 5.77. The smallest absolute Gasteiger partial charge is 0.126 e. The molecule has 0 saturated carbocycles. The summed E-state index contributed by atoms with van der Waals surface area (Å²) in [7, 11) is 1.70. The van der Waals surface area contributed by atoms with Crippen LogP contribution in [0.15, 0.2) is 12.1 Å². The second-order valence-corrected chi connectivity index (χ2v) is 4.42. The fourth-order valence-corrected chi connectivity index (χ4v) is 2.07. The van der Waals surface area contributed by atoms with E-state index in [1.54, 1.807) is 7.11 Å². The van der Waals surface area contributed by atoms with Crippen LogP contribution in [0.2, 0.25) is 0 Å². The number of methoxy groups -OCH3 is 1. The summed E-state index contributed by atoms with van der Waals surface area (Å²) in [6.07, 6.45) is 1.97. The molecular formula is C13H19NO2. The van der Waals surface area contributed by atoms with E-state index < -0.39 is 0 Å². The molecule has 1 atom stereocenters. The molecule has 2 N–H and O–H groups in total. The van der Waals surface area contributed by atoms with Crippen LogP contribution in [0, 0.1) is 5.92 Å². The minimum Gasteiger partial charge on any atom is -0.496 e. The molecule has 3 heteroatoms. The van der Waals surface area contributed by atoms with E-state index >= 15 is 0 Å². The Hall–Kier alpha value is -1.22. The number of fused-ring (bicyclic) bond motifs is 1. The van der Waals surface area contributed by atoms with Crippen molar-refractivity contribution in [2.75, 3.05) is 20.3 Å². The molecular weight excluding hydrogens is 202 g/mol. The summed E-state index contributed by atoms with van der Waals surface area (Å²) in [6.45, 7) is 3.65. The van der Waals surface area contributed by atoms with E-state index in [-0.39, 0.29) is 0 Å². The normalized spacial score (nSPS) is 15.4. The van der Waals surface area contributed by atoms with Crippen molar-refractivity contribution < 1.29 is 9.47 Å². The van der Waals surface area contributed by atoms with Gasteiger partial charge in [0.05, 0.1) is 13.7 Å². The van der Waals surface area contributed by atoms with E-state index in [1.807, 2.05) is 6.07 Å². The molecule has 1 unspecified atom stereocenters. The van der Waals surface area contributed by atoms with Gasteiger partial charge in [-0.15, -0.1) is 0 Å². The number of benzene rings is 1. The van der Waals surface area contributed by atoms with Gasteiger partial charge in [0.15, 0.2) is 0 Å². The molecule has 0 saturated heterocycles. The molecule has 3 nitrogen and oxygen atoms in total. The third-order valence-electron chi connectivity index (χ3n) is 3.06. The molecule has 88 valence electrons. The summed E-state index contributed by atoms with van der Waals surface area (Å²) in [5.41, 5.74) is 8.19. The van der Waals surface area contributed by atoms with Gasteiger partial charge in [-0.25, -0.2) is 0 Å². The maximum atomic E-state index is 5.66. The Morgan fingerprint density at radius 3 is 3.00 bits per heavy atom. The van der Waals surface area contributed by atoms with Crippen molar-refractivity contribution >= 4 is 0 Å². The fraction of sp³-hybridized carbons (Fsp3) is 0.538. The molecule has 0 aromatic heterocycles. The molecule has 0 bridgehead atoms. The molecule has 0 spiro atoms. The van der Waals surface area contributed by atoms with Crippen LogP contribution in [0.4, 0.5) is 0 Å². The highest BCUT2D eigenvalue weighted by molar-refractivity contribution is 5.48. The van der Waals surface area contributed by atoms with Crippen LogP contribution >= 0.6 is 0 Å². The predicted octanol–water partition coefficient (Wildman–Crippen LogP) is 1.77. The maximum Gasteiger partial charge on any atom is 0.126 e. The number of ether oxygens (including phenoxy) is 2. The number of rotatable bonds is 4. The second-order valence-electron chi connectivity index (χ2n) is 4.42. The molecule has 0 fully saturated rings. The average molecular weight is 221 g/mol. The van der Waals surface area contributed by atoms with Crippen molar-refractivity contribution in [3.63, 3.8) is 0 Å². The summed E-state index contributed by atoms with van der Waals surface area (Å²) in [6, 6.07) is 4.20. The molecule has 2 rings (SSSR count). The lowest BCUT2D eigenvalue weighted by atomic mass is 9.98. The highest BCUT2D eigenvalue weighted by Crippen LogP contribution is 2.33. The quantitative estimate of drug-likeness (QED) is 0.842. The minimum atomic E-state index is 0.481. The van der Waals surface area contributed by atoms with Crippen molar-refractivity contribution in [3.8, 4) is 11.5 Å². The van der Waals surface area contributed by atoms with E-state index in [9.17, 15) is 0 Å². The highest BCUT2D eigenvalue weighted by Gasteiger charge is 2.17. The molecule has 1 aliphatic heterocycles. The van der Waals surface area contributed by atoms with E-state index in [4.69, 9.17) is 15.2 Å². The Morgan fingerprint density at radius 2 is 2.31 bits per heavy atom. The van der Waals surface area contributed by atoms with E-state index in [2.05, 4.69) is 13.0 Å². The van der Waals surface area contributed by atoms with Crippen LogP contribution in [-0.4, -0.2) is 20.3 Å². The SMILES string of the molecule is COc1cc2c(cc1CC(C)CN)CCO2. The molecule has 1 aromatic carbocycles. The zero-order valence-electron chi connectivity index (χ0n) is 9.95. The summed E-state index contributed by atoms with van der Waals surface area (Å²) in [5, 5.41) is 0. The van der Waals surface area contributed by atoms with Crippen LogP contribution in [-0.2, 0) is 12.8 Å². The maximum absolute atomic E-state index is 5.66. The minimum absolute atomic E-state index is 0.481. The van der Waals surface area contributed by atoms with Crippen molar-refractivity contribution in [2.24, 2.45) is 11.7 Å². The van der Waals surface area contributed by atoms with Gasteiger partial charge in [0, 0.05) is 12.5 Å².